The van der Waals surface area contributed by atoms with Gasteiger partial charge in [0.05, 0.1) is 0 Å². The third-order valence-corrected chi connectivity index (χ3v) is 0.0833. The van der Waals surface area contributed by atoms with Crippen molar-refractivity contribution in [2.45, 2.75) is 0 Å². The van der Waals surface area contributed by atoms with E-state index in [-0.39, 0.29) is 62.0 Å². The average Bonchev–Trinajstić information content (AvgIpc) is 1.37. The van der Waals surface area contributed by atoms with Crippen molar-refractivity contribution in [3.63, 3.8) is 0 Å². The molecule has 28 valence electrons. The topological polar surface area (TPSA) is 17.1 Å². The fraction of sp³-hybridized carbons (Fsp3) is 0. The second-order valence-corrected chi connectivity index (χ2v) is 0.322. The molecule has 0 fully saturated rings. The summed E-state index contributed by atoms with van der Waals surface area (Å²) in [4.78, 5) is 8.93. The molecule has 4 heteroatoms. The zero-order valence-electron chi connectivity index (χ0n) is 4.31. The molecule has 7 heavy (non-hydrogen) atoms. The Morgan fingerprint density at radius 2 is 1.57 bits per heavy atom. The summed E-state index contributed by atoms with van der Waals surface area (Å²) in [6, 6.07) is 0. The number of allylic oxidation sites excluding steroid dienone is 1. The minimum Gasteiger partial charge on any atom is -0.419 e. The van der Waals surface area contributed by atoms with Crippen LogP contribution in [-0.4, -0.2) is 29.3 Å². The van der Waals surface area contributed by atoms with Gasteiger partial charge in [-0.1, -0.05) is 0 Å². The fourth-order valence-electron chi connectivity index (χ4n) is 0. The van der Waals surface area contributed by atoms with Crippen LogP contribution >= 0.6 is 0 Å². The molecule has 0 aromatic carbocycles. The maximum absolute atomic E-state index is 8.93. The van der Waals surface area contributed by atoms with Crippen molar-refractivity contribution in [3.8, 4) is 0 Å². The molecule has 0 aliphatic carbocycles. The van der Waals surface area contributed by atoms with Gasteiger partial charge in [-0.25, -0.2) is 12.7 Å². The Kier molecular flexibility index (Phi) is 88.6. The van der Waals surface area contributed by atoms with Crippen LogP contribution in [0.15, 0.2) is 12.7 Å². The van der Waals surface area contributed by atoms with E-state index in [4.69, 9.17) is 4.79 Å². The van der Waals surface area contributed by atoms with Crippen LogP contribution in [0.5, 0.6) is 0 Å². The molecule has 0 saturated carbocycles. The van der Waals surface area contributed by atoms with Gasteiger partial charge in [-0.15, -0.1) is 0 Å². The van der Waals surface area contributed by atoms with Crippen LogP contribution in [0.25, 0.3) is 0 Å². The van der Waals surface area contributed by atoms with Crippen LogP contribution in [0.3, 0.4) is 0 Å². The summed E-state index contributed by atoms with van der Waals surface area (Å²) in [5.41, 5.74) is 0. The van der Waals surface area contributed by atoms with Crippen molar-refractivity contribution in [2.24, 2.45) is 0 Å². The SMILES string of the molecule is C=C[C-]=O.[Mg].[Zn].[Zn]. The molecule has 0 N–H and O–H groups in total. The number of hydrogen-bond donors (Lipinski definition) is 0. The van der Waals surface area contributed by atoms with E-state index in [2.05, 4.69) is 6.58 Å². The Bertz CT molecular complexity index is 33.9. The van der Waals surface area contributed by atoms with E-state index < -0.39 is 0 Å². The molecule has 0 atom stereocenters. The van der Waals surface area contributed by atoms with Gasteiger partial charge < -0.3 is 4.79 Å². The molecule has 0 amide bonds. The first-order valence-corrected chi connectivity index (χ1v) is 0.901. The third kappa shape index (κ3) is 37.2. The van der Waals surface area contributed by atoms with Gasteiger partial charge in [0.2, 0.25) is 0 Å². The Labute approximate surface area is 85.0 Å². The summed E-state index contributed by atoms with van der Waals surface area (Å²) in [7, 11) is 0. The third-order valence-electron chi connectivity index (χ3n) is 0.0833. The van der Waals surface area contributed by atoms with Gasteiger partial charge in [-0.3, -0.25) is 0 Å². The van der Waals surface area contributed by atoms with Crippen LogP contribution < -0.4 is 0 Å². The zero-order valence-corrected chi connectivity index (χ0v) is 11.7. The van der Waals surface area contributed by atoms with Gasteiger partial charge in [-0.2, -0.15) is 0 Å². The number of carbonyl (C=O) groups excluding carboxylic acids is 1. The standard InChI is InChI=1S/C3H3O.Mg.2Zn/c1-2-3-4;;;/h2H,1H2;;;/q-1;;;. The van der Waals surface area contributed by atoms with Gasteiger partial charge in [0.1, 0.15) is 0 Å². The van der Waals surface area contributed by atoms with E-state index in [1.807, 2.05) is 0 Å². The quantitative estimate of drug-likeness (QED) is 0.335. The molecule has 0 aromatic heterocycles. The Hall–Kier alpha value is 1.42. The van der Waals surface area contributed by atoms with E-state index in [0.717, 1.165) is 6.08 Å². The first kappa shape index (κ1) is 23.7. The Balaban J connectivity index is -0.0000000150. The van der Waals surface area contributed by atoms with Crippen LogP contribution in [0, 0.1) is 0 Å². The molecule has 0 aliphatic rings. The molecular formula is C3H3MgOZn2-. The maximum atomic E-state index is 8.93. The van der Waals surface area contributed by atoms with E-state index in [1.165, 1.54) is 6.29 Å². The van der Waals surface area contributed by atoms with E-state index in [0.29, 0.717) is 0 Å². The summed E-state index contributed by atoms with van der Waals surface area (Å²) in [6.45, 7) is 3.06. The zero-order chi connectivity index (χ0) is 3.41. The summed E-state index contributed by atoms with van der Waals surface area (Å²) < 4.78 is 0. The Morgan fingerprint density at radius 1 is 1.43 bits per heavy atom. The predicted octanol–water partition coefficient (Wildman–Crippen LogP) is -0.104. The molecule has 0 aliphatic heterocycles. The van der Waals surface area contributed by atoms with Gasteiger partial charge in [0.25, 0.3) is 0 Å². The number of hydrogen-bond acceptors (Lipinski definition) is 1. The molecule has 0 unspecified atom stereocenters. The van der Waals surface area contributed by atoms with Crippen LogP contribution in [0.2, 0.25) is 0 Å². The molecule has 1 nitrogen and oxygen atoms in total. The fourth-order valence-corrected chi connectivity index (χ4v) is 0. The second kappa shape index (κ2) is 26.1. The molecule has 0 heterocycles. The van der Waals surface area contributed by atoms with Gasteiger partial charge in [-0.05, 0) is 6.29 Å². The van der Waals surface area contributed by atoms with Crippen molar-refractivity contribution >= 4 is 29.3 Å². The van der Waals surface area contributed by atoms with E-state index in [9.17, 15) is 0 Å². The van der Waals surface area contributed by atoms with Gasteiger partial charge in [0, 0.05) is 62.0 Å². The molecular weight excluding hydrogens is 207 g/mol. The maximum Gasteiger partial charge on any atom is 0 e. The normalized spacial score (nSPS) is 2.86. The van der Waals surface area contributed by atoms with Gasteiger partial charge >= 0.3 is 0 Å². The van der Waals surface area contributed by atoms with Crippen molar-refractivity contribution in [2.75, 3.05) is 0 Å². The molecule has 0 rings (SSSR count). The minimum atomic E-state index is 0. The first-order valence-electron chi connectivity index (χ1n) is 0.901. The second-order valence-electron chi connectivity index (χ2n) is 0.322. The largest absolute Gasteiger partial charge is 0.419 e. The molecule has 0 saturated heterocycles. The van der Waals surface area contributed by atoms with Crippen molar-refractivity contribution in [1.82, 2.24) is 0 Å². The van der Waals surface area contributed by atoms with Crippen LogP contribution in [0.1, 0.15) is 0 Å². The average molecular weight is 210 g/mol. The number of rotatable bonds is 1. The molecule has 0 spiro atoms. The minimum absolute atomic E-state index is 0. The summed E-state index contributed by atoms with van der Waals surface area (Å²) in [5.74, 6) is 0. The van der Waals surface area contributed by atoms with Crippen LogP contribution in [-0.2, 0) is 43.8 Å². The van der Waals surface area contributed by atoms with Crippen molar-refractivity contribution in [1.29, 1.82) is 0 Å². The van der Waals surface area contributed by atoms with Crippen molar-refractivity contribution in [3.05, 3.63) is 12.7 Å². The van der Waals surface area contributed by atoms with E-state index >= 15 is 0 Å². The molecule has 0 aromatic rings. The van der Waals surface area contributed by atoms with Gasteiger partial charge in [0.15, 0.2) is 0 Å². The monoisotopic (exact) mass is 207 g/mol. The molecule has 2 radical (unpaired) electrons. The smallest absolute Gasteiger partial charge is 0 e. The summed E-state index contributed by atoms with van der Waals surface area (Å²) >= 11 is 0. The Morgan fingerprint density at radius 3 is 1.57 bits per heavy atom. The van der Waals surface area contributed by atoms with Crippen molar-refractivity contribution < 1.29 is 43.8 Å². The van der Waals surface area contributed by atoms with Crippen LogP contribution in [0.4, 0.5) is 0 Å². The molecule has 0 bridgehead atoms. The summed E-state index contributed by atoms with van der Waals surface area (Å²) in [6.07, 6.45) is 2.51. The summed E-state index contributed by atoms with van der Waals surface area (Å²) in [5, 5.41) is 0. The van der Waals surface area contributed by atoms with E-state index in [1.54, 1.807) is 0 Å². The first-order chi connectivity index (χ1) is 1.91. The predicted molar refractivity (Wildman–Crippen MR) is 21.6 cm³/mol.